The number of hydrogen-bond donors (Lipinski definition) is 2. The molecule has 2 aromatic carbocycles. The molecule has 1 fully saturated rings. The summed E-state index contributed by atoms with van der Waals surface area (Å²) in [5, 5.41) is 5.85. The van der Waals surface area contributed by atoms with E-state index < -0.39 is 36.0 Å². The van der Waals surface area contributed by atoms with E-state index in [1.807, 2.05) is 0 Å². The predicted molar refractivity (Wildman–Crippen MR) is 102 cm³/mol. The summed E-state index contributed by atoms with van der Waals surface area (Å²) in [5.41, 5.74) is 0.000592. The molecule has 1 saturated heterocycles. The van der Waals surface area contributed by atoms with Gasteiger partial charge in [0.05, 0.1) is 6.04 Å². The van der Waals surface area contributed by atoms with Crippen LogP contribution in [-0.2, 0) is 15.1 Å². The van der Waals surface area contributed by atoms with Crippen molar-refractivity contribution in [3.8, 4) is 0 Å². The van der Waals surface area contributed by atoms with Crippen LogP contribution in [0.4, 0.5) is 9.18 Å². The average Bonchev–Trinajstić information content (AvgIpc) is 2.86. The molecule has 3 rings (SSSR count). The molecule has 1 aliphatic heterocycles. The lowest BCUT2D eigenvalue weighted by Gasteiger charge is -2.22. The largest absolute Gasteiger partial charge is 0.348 e. The van der Waals surface area contributed by atoms with E-state index in [0.717, 1.165) is 4.90 Å². The van der Waals surface area contributed by atoms with Crippen molar-refractivity contribution in [1.82, 2.24) is 15.5 Å². The highest BCUT2D eigenvalue weighted by Gasteiger charge is 2.49. The number of halogens is 2. The van der Waals surface area contributed by atoms with Crippen molar-refractivity contribution in [2.24, 2.45) is 0 Å². The van der Waals surface area contributed by atoms with Crippen molar-refractivity contribution in [2.45, 2.75) is 25.4 Å². The number of amides is 4. The van der Waals surface area contributed by atoms with E-state index in [-0.39, 0.29) is 5.82 Å². The Morgan fingerprint density at radius 1 is 1.18 bits per heavy atom. The molecule has 146 valence electrons. The fourth-order valence-corrected chi connectivity index (χ4v) is 3.21. The number of carbonyl (C=O) groups excluding carboxylic acids is 3. The van der Waals surface area contributed by atoms with Gasteiger partial charge in [0.15, 0.2) is 0 Å². The molecular weight excluding hydrogens is 385 g/mol. The molecule has 0 radical (unpaired) electrons. The summed E-state index contributed by atoms with van der Waals surface area (Å²) in [6.07, 6.45) is 0. The number of carbonyl (C=O) groups is 3. The first kappa shape index (κ1) is 19.8. The van der Waals surface area contributed by atoms with Crippen LogP contribution in [0.5, 0.6) is 0 Å². The van der Waals surface area contributed by atoms with Crippen LogP contribution in [0.2, 0.25) is 5.02 Å². The third kappa shape index (κ3) is 3.84. The summed E-state index contributed by atoms with van der Waals surface area (Å²) < 4.78 is 13.0. The minimum Gasteiger partial charge on any atom is -0.348 e. The maximum Gasteiger partial charge on any atom is 0.325 e. The van der Waals surface area contributed by atoms with Gasteiger partial charge in [-0.1, -0.05) is 35.9 Å². The standard InChI is InChI=1S/C20H19ClFN3O3/c1-12(13-3-9-16(22)10-4-13)23-17(26)11-25-18(27)20(2,24-19(25)28)14-5-7-15(21)8-6-14/h3-10,12H,11H2,1-2H3,(H,23,26)(H,24,28)/t12-,20-/m1/s1. The summed E-state index contributed by atoms with van der Waals surface area (Å²) in [7, 11) is 0. The van der Waals surface area contributed by atoms with Crippen LogP contribution in [-0.4, -0.2) is 29.3 Å². The minimum absolute atomic E-state index is 0.372. The highest BCUT2D eigenvalue weighted by Crippen LogP contribution is 2.29. The number of rotatable bonds is 5. The molecule has 0 aromatic heterocycles. The fourth-order valence-electron chi connectivity index (χ4n) is 3.08. The summed E-state index contributed by atoms with van der Waals surface area (Å²) in [6.45, 7) is 2.89. The van der Waals surface area contributed by atoms with E-state index in [4.69, 9.17) is 11.6 Å². The lowest BCUT2D eigenvalue weighted by atomic mass is 9.92. The quantitative estimate of drug-likeness (QED) is 0.753. The zero-order valence-corrected chi connectivity index (χ0v) is 16.1. The smallest absolute Gasteiger partial charge is 0.325 e. The van der Waals surface area contributed by atoms with Crippen LogP contribution in [0.25, 0.3) is 0 Å². The van der Waals surface area contributed by atoms with Crippen LogP contribution in [0.1, 0.15) is 31.0 Å². The number of imide groups is 1. The number of nitrogens with one attached hydrogen (secondary N) is 2. The summed E-state index contributed by atoms with van der Waals surface area (Å²) in [4.78, 5) is 38.4. The van der Waals surface area contributed by atoms with Gasteiger partial charge in [0.2, 0.25) is 5.91 Å². The van der Waals surface area contributed by atoms with Gasteiger partial charge in [-0.05, 0) is 49.2 Å². The average molecular weight is 404 g/mol. The first-order valence-corrected chi connectivity index (χ1v) is 9.03. The Balaban J connectivity index is 1.69. The van der Waals surface area contributed by atoms with Gasteiger partial charge in [0.1, 0.15) is 17.9 Å². The normalized spacial score (nSPS) is 20.1. The van der Waals surface area contributed by atoms with Gasteiger partial charge in [-0.15, -0.1) is 0 Å². The molecule has 0 bridgehead atoms. The third-order valence-corrected chi connectivity index (χ3v) is 5.00. The van der Waals surface area contributed by atoms with E-state index in [2.05, 4.69) is 10.6 Å². The van der Waals surface area contributed by atoms with Crippen molar-refractivity contribution < 1.29 is 18.8 Å². The van der Waals surface area contributed by atoms with Gasteiger partial charge in [0, 0.05) is 5.02 Å². The highest BCUT2D eigenvalue weighted by molar-refractivity contribution is 6.30. The first-order valence-electron chi connectivity index (χ1n) is 8.65. The molecule has 0 aliphatic carbocycles. The lowest BCUT2D eigenvalue weighted by Crippen LogP contribution is -2.43. The molecule has 0 saturated carbocycles. The molecule has 6 nitrogen and oxygen atoms in total. The zero-order valence-electron chi connectivity index (χ0n) is 15.3. The Morgan fingerprint density at radius 3 is 2.39 bits per heavy atom. The van der Waals surface area contributed by atoms with E-state index in [1.165, 1.54) is 12.1 Å². The zero-order chi connectivity index (χ0) is 20.5. The minimum atomic E-state index is -1.27. The maximum absolute atomic E-state index is 13.0. The van der Waals surface area contributed by atoms with Gasteiger partial charge in [0.25, 0.3) is 5.91 Å². The summed E-state index contributed by atoms with van der Waals surface area (Å²) in [5.74, 6) is -1.40. The molecule has 1 aliphatic rings. The Kier molecular flexibility index (Phi) is 5.38. The van der Waals surface area contributed by atoms with Crippen molar-refractivity contribution in [3.05, 3.63) is 70.5 Å². The molecule has 2 aromatic rings. The van der Waals surface area contributed by atoms with Crippen LogP contribution in [0.3, 0.4) is 0 Å². The second-order valence-electron chi connectivity index (χ2n) is 6.79. The number of hydrogen-bond acceptors (Lipinski definition) is 3. The predicted octanol–water partition coefficient (Wildman–Crippen LogP) is 3.12. The van der Waals surface area contributed by atoms with Crippen molar-refractivity contribution in [2.75, 3.05) is 6.54 Å². The molecule has 0 unspecified atom stereocenters. The lowest BCUT2D eigenvalue weighted by molar-refractivity contribution is -0.135. The Hall–Kier alpha value is -2.93. The van der Waals surface area contributed by atoms with Gasteiger partial charge in [-0.25, -0.2) is 9.18 Å². The molecular formula is C20H19ClFN3O3. The van der Waals surface area contributed by atoms with Gasteiger partial charge in [-0.3, -0.25) is 14.5 Å². The van der Waals surface area contributed by atoms with Crippen molar-refractivity contribution >= 4 is 29.4 Å². The van der Waals surface area contributed by atoms with Crippen molar-refractivity contribution in [1.29, 1.82) is 0 Å². The monoisotopic (exact) mass is 403 g/mol. The highest BCUT2D eigenvalue weighted by atomic mass is 35.5. The first-order chi connectivity index (χ1) is 13.2. The Labute approximate surface area is 166 Å². The van der Waals surface area contributed by atoms with Crippen LogP contribution >= 0.6 is 11.6 Å². The number of urea groups is 1. The fraction of sp³-hybridized carbons (Fsp3) is 0.250. The van der Waals surface area contributed by atoms with Gasteiger partial charge < -0.3 is 10.6 Å². The molecule has 2 N–H and O–H groups in total. The molecule has 2 atom stereocenters. The molecule has 28 heavy (non-hydrogen) atoms. The molecule has 8 heteroatoms. The van der Waals surface area contributed by atoms with E-state index in [1.54, 1.807) is 50.2 Å². The Morgan fingerprint density at radius 2 is 1.79 bits per heavy atom. The van der Waals surface area contributed by atoms with Gasteiger partial charge >= 0.3 is 6.03 Å². The number of benzene rings is 2. The van der Waals surface area contributed by atoms with E-state index in [0.29, 0.717) is 16.1 Å². The Bertz CT molecular complexity index is 917. The SMILES string of the molecule is C[C@@H](NC(=O)CN1C(=O)N[C@](C)(c2ccc(Cl)cc2)C1=O)c1ccc(F)cc1. The summed E-state index contributed by atoms with van der Waals surface area (Å²) >= 11 is 5.88. The second kappa shape index (κ2) is 7.59. The third-order valence-electron chi connectivity index (χ3n) is 4.75. The van der Waals surface area contributed by atoms with Crippen molar-refractivity contribution in [3.63, 3.8) is 0 Å². The summed E-state index contributed by atoms with van der Waals surface area (Å²) in [6, 6.07) is 11.2. The van der Waals surface area contributed by atoms with Crippen LogP contribution < -0.4 is 10.6 Å². The van der Waals surface area contributed by atoms with E-state index >= 15 is 0 Å². The van der Waals surface area contributed by atoms with Crippen LogP contribution in [0.15, 0.2) is 48.5 Å². The van der Waals surface area contributed by atoms with E-state index in [9.17, 15) is 18.8 Å². The maximum atomic E-state index is 13.0. The van der Waals surface area contributed by atoms with Crippen LogP contribution in [0, 0.1) is 5.82 Å². The van der Waals surface area contributed by atoms with Gasteiger partial charge in [-0.2, -0.15) is 0 Å². The topological polar surface area (TPSA) is 78.5 Å². The number of nitrogens with zero attached hydrogens (tertiary/aromatic N) is 1. The molecule has 0 spiro atoms. The second-order valence-corrected chi connectivity index (χ2v) is 7.23. The molecule has 1 heterocycles. The molecule has 4 amide bonds.